The SMILES string of the molecule is CCCn1nccc1CNC1CC=CC1. The minimum Gasteiger partial charge on any atom is -0.308 e. The van der Waals surface area contributed by atoms with Crippen molar-refractivity contribution >= 4 is 0 Å². The summed E-state index contributed by atoms with van der Waals surface area (Å²) in [6.07, 6.45) is 9.87. The molecule has 3 nitrogen and oxygen atoms in total. The van der Waals surface area contributed by atoms with Crippen LogP contribution in [0.4, 0.5) is 0 Å². The van der Waals surface area contributed by atoms with Crippen LogP contribution in [0.15, 0.2) is 24.4 Å². The zero-order chi connectivity index (χ0) is 10.5. The maximum Gasteiger partial charge on any atom is 0.0522 e. The lowest BCUT2D eigenvalue weighted by Crippen LogP contribution is -2.27. The average molecular weight is 205 g/mol. The Morgan fingerprint density at radius 1 is 1.47 bits per heavy atom. The van der Waals surface area contributed by atoms with E-state index in [4.69, 9.17) is 0 Å². The second-order valence-corrected chi connectivity index (χ2v) is 4.07. The van der Waals surface area contributed by atoms with Crippen molar-refractivity contribution in [3.05, 3.63) is 30.1 Å². The van der Waals surface area contributed by atoms with Gasteiger partial charge >= 0.3 is 0 Å². The first kappa shape index (κ1) is 10.4. The summed E-state index contributed by atoms with van der Waals surface area (Å²) in [6.45, 7) is 4.14. The summed E-state index contributed by atoms with van der Waals surface area (Å²) in [5.74, 6) is 0. The van der Waals surface area contributed by atoms with Gasteiger partial charge in [0.2, 0.25) is 0 Å². The van der Waals surface area contributed by atoms with Gasteiger partial charge in [0.25, 0.3) is 0 Å². The van der Waals surface area contributed by atoms with Crippen LogP contribution in [0.5, 0.6) is 0 Å². The van der Waals surface area contributed by atoms with Gasteiger partial charge in [0.15, 0.2) is 0 Å². The molecule has 0 atom stereocenters. The molecule has 0 aliphatic heterocycles. The van der Waals surface area contributed by atoms with Crippen molar-refractivity contribution in [3.63, 3.8) is 0 Å². The summed E-state index contributed by atoms with van der Waals surface area (Å²) in [4.78, 5) is 0. The zero-order valence-corrected chi connectivity index (χ0v) is 9.32. The Hall–Kier alpha value is -1.09. The molecule has 1 heterocycles. The summed E-state index contributed by atoms with van der Waals surface area (Å²) >= 11 is 0. The van der Waals surface area contributed by atoms with Crippen molar-refractivity contribution in [1.29, 1.82) is 0 Å². The minimum absolute atomic E-state index is 0.634. The first-order valence-corrected chi connectivity index (χ1v) is 5.79. The molecule has 0 aromatic carbocycles. The number of hydrogen-bond donors (Lipinski definition) is 1. The first-order chi connectivity index (χ1) is 7.40. The van der Waals surface area contributed by atoms with E-state index < -0.39 is 0 Å². The van der Waals surface area contributed by atoms with Crippen molar-refractivity contribution in [3.8, 4) is 0 Å². The predicted molar refractivity (Wildman–Crippen MR) is 61.5 cm³/mol. The molecule has 0 fully saturated rings. The van der Waals surface area contributed by atoms with Gasteiger partial charge in [0, 0.05) is 25.3 Å². The summed E-state index contributed by atoms with van der Waals surface area (Å²) in [6, 6.07) is 2.74. The zero-order valence-electron chi connectivity index (χ0n) is 9.32. The highest BCUT2D eigenvalue weighted by molar-refractivity contribution is 5.03. The summed E-state index contributed by atoms with van der Waals surface area (Å²) in [5, 5.41) is 7.87. The van der Waals surface area contributed by atoms with Gasteiger partial charge in [-0.25, -0.2) is 0 Å². The molecule has 0 saturated carbocycles. The quantitative estimate of drug-likeness (QED) is 0.746. The third-order valence-corrected chi connectivity index (χ3v) is 2.82. The van der Waals surface area contributed by atoms with E-state index in [0.29, 0.717) is 6.04 Å². The van der Waals surface area contributed by atoms with E-state index in [9.17, 15) is 0 Å². The largest absolute Gasteiger partial charge is 0.308 e. The Balaban J connectivity index is 1.84. The van der Waals surface area contributed by atoms with Crippen molar-refractivity contribution in [2.24, 2.45) is 0 Å². The van der Waals surface area contributed by atoms with Crippen LogP contribution < -0.4 is 5.32 Å². The monoisotopic (exact) mass is 205 g/mol. The third kappa shape index (κ3) is 2.69. The molecule has 3 heteroatoms. The van der Waals surface area contributed by atoms with Gasteiger partial charge in [-0.15, -0.1) is 0 Å². The van der Waals surface area contributed by atoms with Gasteiger partial charge in [-0.2, -0.15) is 5.10 Å². The Labute approximate surface area is 91.2 Å². The van der Waals surface area contributed by atoms with E-state index in [1.165, 1.54) is 18.5 Å². The third-order valence-electron chi connectivity index (χ3n) is 2.82. The second-order valence-electron chi connectivity index (χ2n) is 4.07. The Morgan fingerprint density at radius 3 is 3.00 bits per heavy atom. The van der Waals surface area contributed by atoms with E-state index in [1.807, 2.05) is 6.20 Å². The van der Waals surface area contributed by atoms with E-state index in [0.717, 1.165) is 19.5 Å². The number of hydrogen-bond acceptors (Lipinski definition) is 2. The van der Waals surface area contributed by atoms with E-state index >= 15 is 0 Å². The lowest BCUT2D eigenvalue weighted by molar-refractivity contribution is 0.499. The van der Waals surface area contributed by atoms with E-state index in [1.54, 1.807) is 0 Å². The molecular weight excluding hydrogens is 186 g/mol. The number of aromatic nitrogens is 2. The lowest BCUT2D eigenvalue weighted by Gasteiger charge is -2.12. The van der Waals surface area contributed by atoms with Gasteiger partial charge in [0.05, 0.1) is 5.69 Å². The molecule has 1 aromatic rings. The molecule has 0 unspecified atom stereocenters. The second kappa shape index (κ2) is 5.12. The molecule has 1 aromatic heterocycles. The van der Waals surface area contributed by atoms with Crippen molar-refractivity contribution in [2.75, 3.05) is 0 Å². The Kier molecular flexibility index (Phi) is 3.56. The molecule has 1 N–H and O–H groups in total. The number of rotatable bonds is 5. The van der Waals surface area contributed by atoms with Crippen molar-refractivity contribution < 1.29 is 0 Å². The summed E-state index contributed by atoms with van der Waals surface area (Å²) in [5.41, 5.74) is 1.30. The molecule has 0 amide bonds. The minimum atomic E-state index is 0.634. The molecular formula is C12H19N3. The van der Waals surface area contributed by atoms with Crippen molar-refractivity contribution in [2.45, 2.75) is 45.3 Å². The Bertz CT molecular complexity index is 319. The topological polar surface area (TPSA) is 29.9 Å². The van der Waals surface area contributed by atoms with Gasteiger partial charge in [-0.05, 0) is 25.3 Å². The fraction of sp³-hybridized carbons (Fsp3) is 0.583. The smallest absolute Gasteiger partial charge is 0.0522 e. The molecule has 0 spiro atoms. The van der Waals surface area contributed by atoms with Gasteiger partial charge < -0.3 is 5.32 Å². The van der Waals surface area contributed by atoms with Crippen LogP contribution in [-0.4, -0.2) is 15.8 Å². The molecule has 0 radical (unpaired) electrons. The number of nitrogens with one attached hydrogen (secondary N) is 1. The molecule has 2 rings (SSSR count). The average Bonchev–Trinajstić information content (AvgIpc) is 2.85. The van der Waals surface area contributed by atoms with Crippen LogP contribution >= 0.6 is 0 Å². The van der Waals surface area contributed by atoms with Gasteiger partial charge in [0.1, 0.15) is 0 Å². The maximum absolute atomic E-state index is 4.31. The highest BCUT2D eigenvalue weighted by Crippen LogP contribution is 2.10. The molecule has 82 valence electrons. The number of nitrogens with zero attached hydrogens (tertiary/aromatic N) is 2. The normalized spacial score (nSPS) is 16.3. The highest BCUT2D eigenvalue weighted by atomic mass is 15.3. The van der Waals surface area contributed by atoms with Crippen LogP contribution in [0.25, 0.3) is 0 Å². The summed E-state index contributed by atoms with van der Waals surface area (Å²) < 4.78 is 2.09. The van der Waals surface area contributed by atoms with Crippen molar-refractivity contribution in [1.82, 2.24) is 15.1 Å². The molecule has 0 bridgehead atoms. The molecule has 1 aliphatic carbocycles. The summed E-state index contributed by atoms with van der Waals surface area (Å²) in [7, 11) is 0. The molecule has 0 saturated heterocycles. The van der Waals surface area contributed by atoms with Gasteiger partial charge in [-0.3, -0.25) is 4.68 Å². The molecule has 15 heavy (non-hydrogen) atoms. The van der Waals surface area contributed by atoms with E-state index in [2.05, 4.69) is 40.2 Å². The predicted octanol–water partition coefficient (Wildman–Crippen LogP) is 2.10. The van der Waals surface area contributed by atoms with Crippen LogP contribution in [-0.2, 0) is 13.1 Å². The highest BCUT2D eigenvalue weighted by Gasteiger charge is 2.10. The van der Waals surface area contributed by atoms with E-state index in [-0.39, 0.29) is 0 Å². The van der Waals surface area contributed by atoms with Crippen LogP contribution in [0.3, 0.4) is 0 Å². The first-order valence-electron chi connectivity index (χ1n) is 5.79. The molecule has 1 aliphatic rings. The maximum atomic E-state index is 4.31. The fourth-order valence-corrected chi connectivity index (χ4v) is 1.96. The van der Waals surface area contributed by atoms with Gasteiger partial charge in [-0.1, -0.05) is 19.1 Å². The van der Waals surface area contributed by atoms with Crippen LogP contribution in [0.2, 0.25) is 0 Å². The Morgan fingerprint density at radius 2 is 2.27 bits per heavy atom. The fourth-order valence-electron chi connectivity index (χ4n) is 1.96. The standard InChI is InChI=1S/C12H19N3/c1-2-9-15-12(7-8-14-15)10-13-11-5-3-4-6-11/h3-4,7-8,11,13H,2,5-6,9-10H2,1H3. The van der Waals surface area contributed by atoms with Crippen LogP contribution in [0.1, 0.15) is 31.9 Å². The van der Waals surface area contributed by atoms with Crippen LogP contribution in [0, 0.1) is 0 Å². The lowest BCUT2D eigenvalue weighted by atomic mass is 10.2. The number of aryl methyl sites for hydroxylation is 1.